The molecule has 0 aromatic carbocycles. The lowest BCUT2D eigenvalue weighted by molar-refractivity contribution is 0.0841. The van der Waals surface area contributed by atoms with Crippen LogP contribution in [0.1, 0.15) is 46.0 Å². The summed E-state index contributed by atoms with van der Waals surface area (Å²) in [6.07, 6.45) is 6.80. The summed E-state index contributed by atoms with van der Waals surface area (Å²) in [5, 5.41) is 3.54. The molecule has 3 heteroatoms. The Kier molecular flexibility index (Phi) is 5.67. The van der Waals surface area contributed by atoms with Gasteiger partial charge in [-0.2, -0.15) is 0 Å². The second-order valence-corrected chi connectivity index (χ2v) is 6.91. The molecule has 0 amide bonds. The van der Waals surface area contributed by atoms with Crippen LogP contribution in [0.2, 0.25) is 0 Å². The van der Waals surface area contributed by atoms with Gasteiger partial charge in [0.2, 0.25) is 0 Å². The van der Waals surface area contributed by atoms with Crippen LogP contribution in [0.15, 0.2) is 0 Å². The number of rotatable bonds is 6. The fraction of sp³-hybridized carbons (Fsp3) is 1.00. The van der Waals surface area contributed by atoms with E-state index in [9.17, 15) is 0 Å². The first kappa shape index (κ1) is 15.3. The molecule has 0 radical (unpaired) electrons. The largest absolute Gasteiger partial charge is 0.381 e. The van der Waals surface area contributed by atoms with Crippen LogP contribution < -0.4 is 5.32 Å². The molecule has 0 aromatic heterocycles. The Balaban J connectivity index is 1.86. The summed E-state index contributed by atoms with van der Waals surface area (Å²) < 4.78 is 5.70. The van der Waals surface area contributed by atoms with E-state index >= 15 is 0 Å². The number of hydrogen-bond acceptors (Lipinski definition) is 3. The summed E-state index contributed by atoms with van der Waals surface area (Å²) in [7, 11) is 2.33. The van der Waals surface area contributed by atoms with Crippen molar-refractivity contribution in [2.24, 2.45) is 11.3 Å². The van der Waals surface area contributed by atoms with Gasteiger partial charge in [-0.05, 0) is 51.6 Å². The van der Waals surface area contributed by atoms with E-state index in [1.54, 1.807) is 0 Å². The van der Waals surface area contributed by atoms with Crippen LogP contribution in [-0.4, -0.2) is 50.8 Å². The van der Waals surface area contributed by atoms with Gasteiger partial charge >= 0.3 is 0 Å². The van der Waals surface area contributed by atoms with Gasteiger partial charge in [0.1, 0.15) is 0 Å². The Morgan fingerprint density at radius 3 is 2.58 bits per heavy atom. The van der Waals surface area contributed by atoms with E-state index < -0.39 is 0 Å². The van der Waals surface area contributed by atoms with Gasteiger partial charge in [0, 0.05) is 31.2 Å². The minimum atomic E-state index is 0.355. The van der Waals surface area contributed by atoms with E-state index in [4.69, 9.17) is 4.74 Å². The normalized spacial score (nSPS) is 36.0. The maximum atomic E-state index is 5.70. The summed E-state index contributed by atoms with van der Waals surface area (Å²) in [6.45, 7) is 9.83. The molecule has 1 heterocycles. The van der Waals surface area contributed by atoms with Gasteiger partial charge in [0.25, 0.3) is 0 Å². The van der Waals surface area contributed by atoms with E-state index in [0.29, 0.717) is 5.41 Å². The first-order valence-electron chi connectivity index (χ1n) is 8.14. The smallest absolute Gasteiger partial charge is 0.0547 e. The average molecular weight is 268 g/mol. The molecule has 1 saturated carbocycles. The van der Waals surface area contributed by atoms with Crippen LogP contribution in [0, 0.1) is 11.3 Å². The predicted molar refractivity (Wildman–Crippen MR) is 80.5 cm³/mol. The highest BCUT2D eigenvalue weighted by Gasteiger charge is 2.37. The molecule has 2 fully saturated rings. The summed E-state index contributed by atoms with van der Waals surface area (Å²) in [5.41, 5.74) is 0.355. The van der Waals surface area contributed by atoms with Gasteiger partial charge in [-0.1, -0.05) is 13.8 Å². The van der Waals surface area contributed by atoms with E-state index in [1.165, 1.54) is 38.6 Å². The monoisotopic (exact) mass is 268 g/mol. The zero-order chi connectivity index (χ0) is 13.7. The summed E-state index contributed by atoms with van der Waals surface area (Å²) in [5.74, 6) is 0.940. The predicted octanol–water partition coefficient (Wildman–Crippen LogP) is 2.51. The molecule has 1 aliphatic carbocycles. The summed E-state index contributed by atoms with van der Waals surface area (Å²) >= 11 is 0. The molecule has 0 aromatic rings. The Bertz CT molecular complexity index is 255. The maximum absolute atomic E-state index is 5.70. The van der Waals surface area contributed by atoms with Gasteiger partial charge in [0.05, 0.1) is 6.61 Å². The maximum Gasteiger partial charge on any atom is 0.0547 e. The first-order chi connectivity index (χ1) is 9.15. The van der Waals surface area contributed by atoms with Crippen LogP contribution in [0.4, 0.5) is 0 Å². The highest BCUT2D eigenvalue weighted by atomic mass is 16.5. The molecule has 1 aliphatic heterocycles. The van der Waals surface area contributed by atoms with Crippen molar-refractivity contribution in [2.45, 2.75) is 52.0 Å². The molecule has 0 spiro atoms. The van der Waals surface area contributed by atoms with E-state index in [2.05, 4.69) is 31.1 Å². The number of nitrogens with one attached hydrogen (secondary N) is 1. The Hall–Kier alpha value is -0.120. The van der Waals surface area contributed by atoms with E-state index in [1.807, 2.05) is 0 Å². The number of hydrogen-bond donors (Lipinski definition) is 1. The Morgan fingerprint density at radius 2 is 2.00 bits per heavy atom. The van der Waals surface area contributed by atoms with Crippen molar-refractivity contribution in [1.29, 1.82) is 0 Å². The average Bonchev–Trinajstić information content (AvgIpc) is 2.86. The third-order valence-corrected chi connectivity index (χ3v) is 5.13. The SMILES string of the molecule is CCNCC1(CN(C)C2CCC(C)CC2)CCOC1. The highest BCUT2D eigenvalue weighted by Crippen LogP contribution is 2.32. The van der Waals surface area contributed by atoms with Crippen molar-refractivity contribution in [2.75, 3.05) is 39.9 Å². The summed E-state index contributed by atoms with van der Waals surface area (Å²) in [4.78, 5) is 2.62. The quantitative estimate of drug-likeness (QED) is 0.801. The van der Waals surface area contributed by atoms with E-state index in [0.717, 1.165) is 38.3 Å². The van der Waals surface area contributed by atoms with Crippen LogP contribution in [0.3, 0.4) is 0 Å². The van der Waals surface area contributed by atoms with Crippen LogP contribution in [-0.2, 0) is 4.74 Å². The van der Waals surface area contributed by atoms with Gasteiger partial charge in [-0.25, -0.2) is 0 Å². The van der Waals surface area contributed by atoms with Crippen molar-refractivity contribution >= 4 is 0 Å². The van der Waals surface area contributed by atoms with Crippen molar-refractivity contribution in [3.63, 3.8) is 0 Å². The molecule has 2 aliphatic rings. The molecule has 1 unspecified atom stereocenters. The third-order valence-electron chi connectivity index (χ3n) is 5.13. The zero-order valence-corrected chi connectivity index (χ0v) is 13.1. The lowest BCUT2D eigenvalue weighted by atomic mass is 9.83. The standard InChI is InChI=1S/C16H32N2O/c1-4-17-11-16(9-10-19-13-16)12-18(3)15-7-5-14(2)6-8-15/h14-15,17H,4-13H2,1-3H3. The van der Waals surface area contributed by atoms with Crippen LogP contribution in [0.25, 0.3) is 0 Å². The van der Waals surface area contributed by atoms with Crippen molar-refractivity contribution in [3.8, 4) is 0 Å². The summed E-state index contributed by atoms with van der Waals surface area (Å²) in [6, 6.07) is 0.801. The molecule has 3 nitrogen and oxygen atoms in total. The molecular formula is C16H32N2O. The molecule has 112 valence electrons. The van der Waals surface area contributed by atoms with E-state index in [-0.39, 0.29) is 0 Å². The lowest BCUT2D eigenvalue weighted by Crippen LogP contribution is -2.47. The minimum Gasteiger partial charge on any atom is -0.381 e. The van der Waals surface area contributed by atoms with Gasteiger partial charge in [0.15, 0.2) is 0 Å². The van der Waals surface area contributed by atoms with Crippen molar-refractivity contribution < 1.29 is 4.74 Å². The molecule has 1 atom stereocenters. The number of nitrogens with zero attached hydrogens (tertiary/aromatic N) is 1. The van der Waals surface area contributed by atoms with Gasteiger partial charge in [-0.3, -0.25) is 0 Å². The second kappa shape index (κ2) is 7.05. The molecule has 1 N–H and O–H groups in total. The highest BCUT2D eigenvalue weighted by molar-refractivity contribution is 4.90. The Labute approximate surface area is 119 Å². The fourth-order valence-corrected chi connectivity index (χ4v) is 3.70. The first-order valence-corrected chi connectivity index (χ1v) is 8.14. The van der Waals surface area contributed by atoms with Crippen molar-refractivity contribution in [3.05, 3.63) is 0 Å². The molecular weight excluding hydrogens is 236 g/mol. The second-order valence-electron chi connectivity index (χ2n) is 6.91. The lowest BCUT2D eigenvalue weighted by Gasteiger charge is -2.39. The number of ether oxygens (including phenoxy) is 1. The van der Waals surface area contributed by atoms with Gasteiger partial charge in [-0.15, -0.1) is 0 Å². The fourth-order valence-electron chi connectivity index (χ4n) is 3.70. The Morgan fingerprint density at radius 1 is 1.26 bits per heavy atom. The van der Waals surface area contributed by atoms with Crippen LogP contribution >= 0.6 is 0 Å². The van der Waals surface area contributed by atoms with Gasteiger partial charge < -0.3 is 15.0 Å². The molecule has 1 saturated heterocycles. The topological polar surface area (TPSA) is 24.5 Å². The minimum absolute atomic E-state index is 0.355. The molecule has 2 rings (SSSR count). The molecule has 19 heavy (non-hydrogen) atoms. The van der Waals surface area contributed by atoms with Crippen LogP contribution in [0.5, 0.6) is 0 Å². The van der Waals surface area contributed by atoms with Crippen molar-refractivity contribution in [1.82, 2.24) is 10.2 Å². The molecule has 0 bridgehead atoms. The zero-order valence-electron chi connectivity index (χ0n) is 13.1. The third kappa shape index (κ3) is 4.17.